The van der Waals surface area contributed by atoms with E-state index in [1.807, 2.05) is 102 Å². The van der Waals surface area contributed by atoms with Crippen LogP contribution in [-0.2, 0) is 0 Å². The molecule has 0 unspecified atom stereocenters. The molecule has 1 aliphatic heterocycles. The number of ether oxygens (including phenoxy) is 1. The summed E-state index contributed by atoms with van der Waals surface area (Å²) in [4.78, 5) is 6.65. The number of benzene rings is 3. The minimum Gasteiger partial charge on any atom is -0.459 e. The van der Waals surface area contributed by atoms with Gasteiger partial charge in [0, 0.05) is 17.4 Å². The number of halogens is 2. The maximum absolute atomic E-state index is 6.48. The zero-order valence-electron chi connectivity index (χ0n) is 19.9. The van der Waals surface area contributed by atoms with E-state index in [1.54, 1.807) is 12.3 Å². The molecular formula is C30H21Cl2N3O2S. The van der Waals surface area contributed by atoms with Gasteiger partial charge in [0.2, 0.25) is 0 Å². The number of hydrogen-bond donors (Lipinski definition) is 1. The highest BCUT2D eigenvalue weighted by Crippen LogP contribution is 2.44. The average Bonchev–Trinajstić information content (AvgIpc) is 3.56. The van der Waals surface area contributed by atoms with E-state index in [0.29, 0.717) is 26.7 Å². The molecule has 3 aromatic carbocycles. The molecule has 1 fully saturated rings. The van der Waals surface area contributed by atoms with Crippen molar-refractivity contribution in [3.05, 3.63) is 131 Å². The minimum absolute atomic E-state index is 0.238. The summed E-state index contributed by atoms with van der Waals surface area (Å²) in [6.45, 7) is 0. The largest absolute Gasteiger partial charge is 0.459 e. The van der Waals surface area contributed by atoms with Crippen molar-refractivity contribution in [1.29, 1.82) is 0 Å². The second-order valence-corrected chi connectivity index (χ2v) is 9.88. The van der Waals surface area contributed by atoms with Gasteiger partial charge in [-0.05, 0) is 85.0 Å². The molecule has 2 aromatic heterocycles. The summed E-state index contributed by atoms with van der Waals surface area (Å²) >= 11 is 18.6. The number of anilines is 1. The van der Waals surface area contributed by atoms with Crippen molar-refractivity contribution in [2.24, 2.45) is 0 Å². The molecule has 0 aliphatic carbocycles. The van der Waals surface area contributed by atoms with Crippen molar-refractivity contribution >= 4 is 46.2 Å². The van der Waals surface area contributed by atoms with Gasteiger partial charge in [0.25, 0.3) is 0 Å². The molecule has 1 N–H and O–H groups in total. The predicted molar refractivity (Wildman–Crippen MR) is 155 cm³/mol. The molecule has 5 nitrogen and oxygen atoms in total. The molecule has 0 saturated carbocycles. The van der Waals surface area contributed by atoms with Gasteiger partial charge in [-0.1, -0.05) is 53.5 Å². The molecule has 0 spiro atoms. The lowest BCUT2D eigenvalue weighted by molar-refractivity contribution is 0.439. The number of hydrogen-bond acceptors (Lipinski definition) is 4. The molecule has 188 valence electrons. The molecular weight excluding hydrogens is 537 g/mol. The molecule has 2 atom stereocenters. The van der Waals surface area contributed by atoms with E-state index < -0.39 is 0 Å². The first-order valence-electron chi connectivity index (χ1n) is 12.0. The van der Waals surface area contributed by atoms with Crippen LogP contribution in [0.5, 0.6) is 11.5 Å². The summed E-state index contributed by atoms with van der Waals surface area (Å²) in [6, 6.07) is 32.1. The van der Waals surface area contributed by atoms with Crippen LogP contribution in [0.1, 0.15) is 23.5 Å². The first kappa shape index (κ1) is 24.5. The Kier molecular flexibility index (Phi) is 6.77. The fourth-order valence-corrected chi connectivity index (χ4v) is 5.31. The first-order chi connectivity index (χ1) is 18.6. The fourth-order valence-electron chi connectivity index (χ4n) is 4.57. The van der Waals surface area contributed by atoms with Gasteiger partial charge in [-0.15, -0.1) is 0 Å². The maximum atomic E-state index is 6.48. The van der Waals surface area contributed by atoms with Crippen LogP contribution >= 0.6 is 35.4 Å². The smallest absolute Gasteiger partial charge is 0.174 e. The standard InChI is InChI=1S/C30H21Cl2N3O2S/c31-23-10-6-9-22(27(23)32)25-16-17-26(37-25)29-28(24-11-4-5-18-33-24)34-30(38)35(29)19-12-14-21(15-13-19)36-20-7-2-1-3-8-20/h1-18,28-29H,(H,34,38)/t28-,29+/m0/s1. The molecule has 0 radical (unpaired) electrons. The second kappa shape index (κ2) is 10.5. The molecule has 38 heavy (non-hydrogen) atoms. The molecule has 5 aromatic rings. The maximum Gasteiger partial charge on any atom is 0.174 e. The van der Waals surface area contributed by atoms with Crippen molar-refractivity contribution in [1.82, 2.24) is 10.3 Å². The number of furan rings is 1. The Bertz CT molecular complexity index is 1580. The summed E-state index contributed by atoms with van der Waals surface area (Å²) in [7, 11) is 0. The highest BCUT2D eigenvalue weighted by Gasteiger charge is 2.42. The Hall–Kier alpha value is -3.84. The number of rotatable bonds is 6. The van der Waals surface area contributed by atoms with Crippen LogP contribution in [0.25, 0.3) is 11.3 Å². The Morgan fingerprint density at radius 1 is 0.816 bits per heavy atom. The highest BCUT2D eigenvalue weighted by atomic mass is 35.5. The first-order valence-corrected chi connectivity index (χ1v) is 13.1. The zero-order chi connectivity index (χ0) is 26.1. The van der Waals surface area contributed by atoms with Crippen LogP contribution in [0, 0.1) is 0 Å². The van der Waals surface area contributed by atoms with Crippen LogP contribution < -0.4 is 15.0 Å². The number of nitrogens with zero attached hydrogens (tertiary/aromatic N) is 2. The zero-order valence-corrected chi connectivity index (χ0v) is 22.3. The van der Waals surface area contributed by atoms with Gasteiger partial charge < -0.3 is 19.4 Å². The summed E-state index contributed by atoms with van der Waals surface area (Å²) in [5.74, 6) is 2.83. The van der Waals surface area contributed by atoms with E-state index in [0.717, 1.165) is 28.4 Å². The van der Waals surface area contributed by atoms with E-state index >= 15 is 0 Å². The summed E-state index contributed by atoms with van der Waals surface area (Å²) < 4.78 is 12.4. The van der Waals surface area contributed by atoms with E-state index in [4.69, 9.17) is 44.6 Å². The number of thiocarbonyl (C=S) groups is 1. The van der Waals surface area contributed by atoms with E-state index in [2.05, 4.69) is 10.3 Å². The van der Waals surface area contributed by atoms with E-state index in [1.165, 1.54) is 0 Å². The fraction of sp³-hybridized carbons (Fsp3) is 0.0667. The van der Waals surface area contributed by atoms with Gasteiger partial charge in [-0.2, -0.15) is 0 Å². The van der Waals surface area contributed by atoms with Crippen molar-refractivity contribution in [3.8, 4) is 22.8 Å². The Morgan fingerprint density at radius 3 is 2.34 bits per heavy atom. The molecule has 1 saturated heterocycles. The van der Waals surface area contributed by atoms with Crippen LogP contribution in [0.4, 0.5) is 5.69 Å². The van der Waals surface area contributed by atoms with Gasteiger partial charge >= 0.3 is 0 Å². The number of aromatic nitrogens is 1. The van der Waals surface area contributed by atoms with Gasteiger partial charge in [-0.25, -0.2) is 0 Å². The Labute approximate surface area is 235 Å². The molecule has 1 aliphatic rings. The molecule has 0 amide bonds. The monoisotopic (exact) mass is 557 g/mol. The van der Waals surface area contributed by atoms with Gasteiger partial charge in [0.1, 0.15) is 29.1 Å². The quantitative estimate of drug-likeness (QED) is 0.211. The third-order valence-corrected chi connectivity index (χ3v) is 7.46. The molecule has 6 rings (SSSR count). The average molecular weight is 558 g/mol. The van der Waals surface area contributed by atoms with E-state index in [-0.39, 0.29) is 12.1 Å². The summed E-state index contributed by atoms with van der Waals surface area (Å²) in [5, 5.41) is 4.93. The van der Waals surface area contributed by atoms with Crippen LogP contribution in [0.15, 0.2) is 114 Å². The predicted octanol–water partition coefficient (Wildman–Crippen LogP) is 8.62. The molecule has 3 heterocycles. The van der Waals surface area contributed by atoms with Crippen molar-refractivity contribution in [2.75, 3.05) is 4.90 Å². The van der Waals surface area contributed by atoms with Crippen molar-refractivity contribution in [2.45, 2.75) is 12.1 Å². The van der Waals surface area contributed by atoms with Crippen LogP contribution in [0.2, 0.25) is 10.0 Å². The third kappa shape index (κ3) is 4.74. The number of nitrogens with one attached hydrogen (secondary N) is 1. The normalized spacial score (nSPS) is 16.9. The minimum atomic E-state index is -0.301. The third-order valence-electron chi connectivity index (χ3n) is 6.33. The molecule has 8 heteroatoms. The summed E-state index contributed by atoms with van der Waals surface area (Å²) in [5.41, 5.74) is 2.47. The molecule has 0 bridgehead atoms. The summed E-state index contributed by atoms with van der Waals surface area (Å²) in [6.07, 6.45) is 1.77. The van der Waals surface area contributed by atoms with Gasteiger partial charge in [0.15, 0.2) is 5.11 Å². The SMILES string of the molecule is S=C1N[C@@H](c2ccccn2)[C@@H](c2ccc(-c3cccc(Cl)c3Cl)o2)N1c1ccc(Oc2ccccc2)cc1. The number of pyridine rings is 1. The second-order valence-electron chi connectivity index (χ2n) is 8.71. The highest BCUT2D eigenvalue weighted by molar-refractivity contribution is 7.80. The van der Waals surface area contributed by atoms with Crippen LogP contribution in [-0.4, -0.2) is 10.1 Å². The van der Waals surface area contributed by atoms with Gasteiger partial charge in [0.05, 0.1) is 21.8 Å². The number of para-hydroxylation sites is 1. The van der Waals surface area contributed by atoms with Crippen LogP contribution in [0.3, 0.4) is 0 Å². The lowest BCUT2D eigenvalue weighted by Crippen LogP contribution is -2.29. The van der Waals surface area contributed by atoms with E-state index in [9.17, 15) is 0 Å². The Morgan fingerprint density at radius 2 is 1.58 bits per heavy atom. The topological polar surface area (TPSA) is 50.5 Å². The Balaban J connectivity index is 1.37. The lowest BCUT2D eigenvalue weighted by atomic mass is 10.0. The van der Waals surface area contributed by atoms with Gasteiger partial charge in [-0.3, -0.25) is 4.98 Å². The van der Waals surface area contributed by atoms with Crippen molar-refractivity contribution in [3.63, 3.8) is 0 Å². The lowest BCUT2D eigenvalue weighted by Gasteiger charge is -2.26. The van der Waals surface area contributed by atoms with Crippen molar-refractivity contribution < 1.29 is 9.15 Å².